The number of hydrogen-bond donors (Lipinski definition) is 1. The molecule has 0 amide bonds. The molecule has 0 radical (unpaired) electrons. The fourth-order valence-electron chi connectivity index (χ4n) is 1.72. The Morgan fingerprint density at radius 1 is 1.44 bits per heavy atom. The number of nitrogens with one attached hydrogen (secondary N) is 1. The van der Waals surface area contributed by atoms with Crippen LogP contribution in [0.1, 0.15) is 30.3 Å². The third-order valence-corrected chi connectivity index (χ3v) is 3.66. The first-order valence-corrected chi connectivity index (χ1v) is 7.01. The van der Waals surface area contributed by atoms with E-state index in [1.807, 2.05) is 30.8 Å². The first-order valence-electron chi connectivity index (χ1n) is 6.13. The molecule has 4 heteroatoms. The molecule has 1 aromatic carbocycles. The summed E-state index contributed by atoms with van der Waals surface area (Å²) in [4.78, 5) is 5.36. The van der Waals surface area contributed by atoms with Crippen molar-refractivity contribution < 1.29 is 4.74 Å². The van der Waals surface area contributed by atoms with Crippen LogP contribution in [0, 0.1) is 0 Å². The van der Waals surface area contributed by atoms with Crippen molar-refractivity contribution in [3.05, 3.63) is 46.4 Å². The van der Waals surface area contributed by atoms with Gasteiger partial charge in [-0.15, -0.1) is 11.3 Å². The monoisotopic (exact) mass is 262 g/mol. The van der Waals surface area contributed by atoms with E-state index in [1.54, 1.807) is 11.3 Å². The highest BCUT2D eigenvalue weighted by atomic mass is 32.1. The third kappa shape index (κ3) is 3.55. The Balaban J connectivity index is 1.91. The van der Waals surface area contributed by atoms with Gasteiger partial charge in [0.1, 0.15) is 5.75 Å². The minimum atomic E-state index is 0.327. The molecule has 0 bridgehead atoms. The number of nitrogens with zero attached hydrogens (tertiary/aromatic N) is 1. The van der Waals surface area contributed by atoms with Gasteiger partial charge in [0, 0.05) is 23.7 Å². The summed E-state index contributed by atoms with van der Waals surface area (Å²) in [5, 5.41) is 3.49. The SMILES string of the molecule is CCOc1cccc(CNC(C)c2cncs2)c1. The fourth-order valence-corrected chi connectivity index (χ4v) is 2.38. The predicted octanol–water partition coefficient (Wildman–Crippen LogP) is 3.39. The van der Waals surface area contributed by atoms with Crippen LogP contribution in [0.25, 0.3) is 0 Å². The van der Waals surface area contributed by atoms with Crippen molar-refractivity contribution in [3.63, 3.8) is 0 Å². The Morgan fingerprint density at radius 3 is 3.06 bits per heavy atom. The number of thiazole rings is 1. The second-order valence-corrected chi connectivity index (χ2v) is 5.00. The summed E-state index contributed by atoms with van der Waals surface area (Å²) in [7, 11) is 0. The van der Waals surface area contributed by atoms with E-state index in [-0.39, 0.29) is 0 Å². The zero-order valence-corrected chi connectivity index (χ0v) is 11.5. The molecule has 2 rings (SSSR count). The lowest BCUT2D eigenvalue weighted by molar-refractivity contribution is 0.339. The quantitative estimate of drug-likeness (QED) is 0.866. The van der Waals surface area contributed by atoms with Gasteiger partial charge in [0.2, 0.25) is 0 Å². The average Bonchev–Trinajstić information content (AvgIpc) is 2.91. The molecule has 18 heavy (non-hydrogen) atoms. The topological polar surface area (TPSA) is 34.1 Å². The average molecular weight is 262 g/mol. The van der Waals surface area contributed by atoms with Crippen molar-refractivity contribution in [1.82, 2.24) is 10.3 Å². The van der Waals surface area contributed by atoms with E-state index >= 15 is 0 Å². The molecule has 0 saturated heterocycles. The number of benzene rings is 1. The van der Waals surface area contributed by atoms with E-state index in [4.69, 9.17) is 4.74 Å². The molecule has 0 aliphatic carbocycles. The lowest BCUT2D eigenvalue weighted by Crippen LogP contribution is -2.17. The largest absolute Gasteiger partial charge is 0.494 e. The van der Waals surface area contributed by atoms with Gasteiger partial charge in [-0.25, -0.2) is 0 Å². The molecular formula is C14H18N2OS. The molecule has 0 aliphatic heterocycles. The maximum Gasteiger partial charge on any atom is 0.119 e. The maximum absolute atomic E-state index is 5.49. The fraction of sp³-hybridized carbons (Fsp3) is 0.357. The molecule has 1 heterocycles. The zero-order chi connectivity index (χ0) is 12.8. The highest BCUT2D eigenvalue weighted by Crippen LogP contribution is 2.18. The molecule has 1 aromatic heterocycles. The van der Waals surface area contributed by atoms with Crippen LogP contribution in [-0.4, -0.2) is 11.6 Å². The summed E-state index contributed by atoms with van der Waals surface area (Å²) in [6.07, 6.45) is 1.92. The second kappa shape index (κ2) is 6.52. The van der Waals surface area contributed by atoms with Crippen molar-refractivity contribution in [1.29, 1.82) is 0 Å². The number of aromatic nitrogens is 1. The molecular weight excluding hydrogens is 244 g/mol. The normalized spacial score (nSPS) is 12.3. The van der Waals surface area contributed by atoms with E-state index in [2.05, 4.69) is 29.4 Å². The van der Waals surface area contributed by atoms with Crippen LogP contribution in [0.5, 0.6) is 5.75 Å². The third-order valence-electron chi connectivity index (χ3n) is 2.70. The Labute approximate surface area is 112 Å². The highest BCUT2D eigenvalue weighted by Gasteiger charge is 2.06. The van der Waals surface area contributed by atoms with E-state index in [9.17, 15) is 0 Å². The highest BCUT2D eigenvalue weighted by molar-refractivity contribution is 7.09. The molecule has 0 aliphatic rings. The van der Waals surface area contributed by atoms with Crippen LogP contribution in [0.2, 0.25) is 0 Å². The predicted molar refractivity (Wildman–Crippen MR) is 75.0 cm³/mol. The number of ether oxygens (including phenoxy) is 1. The first kappa shape index (κ1) is 13.1. The Kier molecular flexibility index (Phi) is 4.73. The van der Waals surface area contributed by atoms with Crippen LogP contribution in [0.4, 0.5) is 0 Å². The lowest BCUT2D eigenvalue weighted by atomic mass is 10.2. The van der Waals surface area contributed by atoms with E-state index < -0.39 is 0 Å². The van der Waals surface area contributed by atoms with E-state index in [0.717, 1.165) is 12.3 Å². The van der Waals surface area contributed by atoms with Gasteiger partial charge in [0.05, 0.1) is 12.1 Å². The van der Waals surface area contributed by atoms with Crippen LogP contribution in [0.3, 0.4) is 0 Å². The van der Waals surface area contributed by atoms with Gasteiger partial charge < -0.3 is 10.1 Å². The number of rotatable bonds is 6. The summed E-state index contributed by atoms with van der Waals surface area (Å²) in [5.41, 5.74) is 3.10. The lowest BCUT2D eigenvalue weighted by Gasteiger charge is -2.12. The Hall–Kier alpha value is -1.39. The van der Waals surface area contributed by atoms with E-state index in [1.165, 1.54) is 10.4 Å². The Morgan fingerprint density at radius 2 is 2.33 bits per heavy atom. The second-order valence-electron chi connectivity index (χ2n) is 4.09. The summed E-state index contributed by atoms with van der Waals surface area (Å²) in [6.45, 7) is 5.69. The number of hydrogen-bond acceptors (Lipinski definition) is 4. The molecule has 96 valence electrons. The standard InChI is InChI=1S/C14H18N2OS/c1-3-17-13-6-4-5-12(7-13)8-16-11(2)14-9-15-10-18-14/h4-7,9-11,16H,3,8H2,1-2H3. The van der Waals surface area contributed by atoms with Crippen molar-refractivity contribution in [2.24, 2.45) is 0 Å². The molecule has 1 N–H and O–H groups in total. The van der Waals surface area contributed by atoms with Crippen LogP contribution in [0.15, 0.2) is 36.0 Å². The van der Waals surface area contributed by atoms with Gasteiger partial charge in [-0.3, -0.25) is 4.98 Å². The summed E-state index contributed by atoms with van der Waals surface area (Å²) in [6, 6.07) is 8.53. The summed E-state index contributed by atoms with van der Waals surface area (Å²) < 4.78 is 5.49. The molecule has 2 aromatic rings. The van der Waals surface area contributed by atoms with Crippen molar-refractivity contribution in [2.45, 2.75) is 26.4 Å². The van der Waals surface area contributed by atoms with Crippen LogP contribution in [-0.2, 0) is 6.54 Å². The zero-order valence-electron chi connectivity index (χ0n) is 10.7. The molecule has 0 saturated carbocycles. The van der Waals surface area contributed by atoms with Crippen LogP contribution < -0.4 is 10.1 Å². The first-order chi connectivity index (χ1) is 8.79. The van der Waals surface area contributed by atoms with Gasteiger partial charge in [-0.05, 0) is 31.5 Å². The van der Waals surface area contributed by atoms with E-state index in [0.29, 0.717) is 12.6 Å². The van der Waals surface area contributed by atoms with Gasteiger partial charge in [0.25, 0.3) is 0 Å². The van der Waals surface area contributed by atoms with Gasteiger partial charge in [0.15, 0.2) is 0 Å². The summed E-state index contributed by atoms with van der Waals surface area (Å²) >= 11 is 1.68. The van der Waals surface area contributed by atoms with Crippen molar-refractivity contribution >= 4 is 11.3 Å². The summed E-state index contributed by atoms with van der Waals surface area (Å²) in [5.74, 6) is 0.933. The van der Waals surface area contributed by atoms with Crippen molar-refractivity contribution in [2.75, 3.05) is 6.61 Å². The molecule has 1 atom stereocenters. The van der Waals surface area contributed by atoms with Gasteiger partial charge in [-0.1, -0.05) is 12.1 Å². The Bertz CT molecular complexity index is 470. The minimum absolute atomic E-state index is 0.327. The molecule has 1 unspecified atom stereocenters. The maximum atomic E-state index is 5.49. The molecule has 0 spiro atoms. The minimum Gasteiger partial charge on any atom is -0.494 e. The smallest absolute Gasteiger partial charge is 0.119 e. The van der Waals surface area contributed by atoms with Gasteiger partial charge in [-0.2, -0.15) is 0 Å². The molecule has 0 fully saturated rings. The van der Waals surface area contributed by atoms with Gasteiger partial charge >= 0.3 is 0 Å². The molecule has 3 nitrogen and oxygen atoms in total. The van der Waals surface area contributed by atoms with Crippen LogP contribution >= 0.6 is 11.3 Å². The van der Waals surface area contributed by atoms with Crippen molar-refractivity contribution in [3.8, 4) is 5.75 Å².